The van der Waals surface area contributed by atoms with E-state index in [1.807, 2.05) is 17.9 Å². The van der Waals surface area contributed by atoms with Gasteiger partial charge >= 0.3 is 0 Å². The van der Waals surface area contributed by atoms with Gasteiger partial charge in [-0.2, -0.15) is 5.10 Å². The summed E-state index contributed by atoms with van der Waals surface area (Å²) in [5.41, 5.74) is 1.36. The molecule has 0 bridgehead atoms. The van der Waals surface area contributed by atoms with Crippen molar-refractivity contribution in [3.8, 4) is 0 Å². The lowest BCUT2D eigenvalue weighted by molar-refractivity contribution is -0.0786. The quantitative estimate of drug-likeness (QED) is 0.113. The highest BCUT2D eigenvalue weighted by Crippen LogP contribution is 2.28. The van der Waals surface area contributed by atoms with Gasteiger partial charge in [-0.05, 0) is 44.1 Å². The first kappa shape index (κ1) is 34.3. The number of aromatic nitrogens is 2. The van der Waals surface area contributed by atoms with Crippen molar-refractivity contribution in [2.45, 2.75) is 192 Å². The molecule has 228 valence electrons. The molecule has 2 N–H and O–H groups in total. The van der Waals surface area contributed by atoms with Gasteiger partial charge in [-0.15, -0.1) is 0 Å². The van der Waals surface area contributed by atoms with E-state index in [0.29, 0.717) is 0 Å². The molecule has 39 heavy (non-hydrogen) atoms. The smallest absolute Gasteiger partial charge is 0.0840 e. The lowest BCUT2D eigenvalue weighted by atomic mass is 10.00. The average Bonchev–Trinajstić information content (AvgIpc) is 3.59. The SMILES string of the molecule is CCCCCCCCCCCC[C@@H](O)[C@H]1CC[C@H]([C@H](O)CCCCCCCCCCCCc2cnn(C)c2)O1. The lowest BCUT2D eigenvalue weighted by Crippen LogP contribution is -2.31. The summed E-state index contributed by atoms with van der Waals surface area (Å²) in [5.74, 6) is 0. The molecule has 1 aliphatic heterocycles. The van der Waals surface area contributed by atoms with Gasteiger partial charge in [0.25, 0.3) is 0 Å². The number of hydrogen-bond donors (Lipinski definition) is 2. The normalized spacial score (nSPS) is 19.1. The molecule has 0 aromatic carbocycles. The summed E-state index contributed by atoms with van der Waals surface area (Å²) in [5, 5.41) is 25.4. The van der Waals surface area contributed by atoms with Gasteiger partial charge in [0.2, 0.25) is 0 Å². The van der Waals surface area contributed by atoms with E-state index in [4.69, 9.17) is 4.74 Å². The van der Waals surface area contributed by atoms with Gasteiger partial charge in [0.1, 0.15) is 0 Å². The van der Waals surface area contributed by atoms with Crippen LogP contribution in [0.1, 0.15) is 167 Å². The Balaban J connectivity index is 1.34. The van der Waals surface area contributed by atoms with E-state index < -0.39 is 0 Å². The van der Waals surface area contributed by atoms with Crippen LogP contribution in [0.4, 0.5) is 0 Å². The maximum atomic E-state index is 10.6. The van der Waals surface area contributed by atoms with Crippen molar-refractivity contribution >= 4 is 0 Å². The van der Waals surface area contributed by atoms with Gasteiger partial charge in [0.15, 0.2) is 0 Å². The molecular formula is C34H64N2O3. The summed E-state index contributed by atoms with van der Waals surface area (Å²) in [7, 11) is 1.98. The molecule has 1 aromatic heterocycles. The zero-order valence-corrected chi connectivity index (χ0v) is 25.8. The van der Waals surface area contributed by atoms with Gasteiger partial charge in [-0.1, -0.05) is 129 Å². The van der Waals surface area contributed by atoms with Crippen LogP contribution in [0.15, 0.2) is 12.4 Å². The Hall–Kier alpha value is -0.910. The first-order valence-corrected chi connectivity index (χ1v) is 17.1. The van der Waals surface area contributed by atoms with Crippen LogP contribution < -0.4 is 0 Å². The third-order valence-electron chi connectivity index (χ3n) is 8.77. The molecule has 0 spiro atoms. The summed E-state index contributed by atoms with van der Waals surface area (Å²) >= 11 is 0. The summed E-state index contributed by atoms with van der Waals surface area (Å²) in [6.45, 7) is 2.27. The molecule has 2 heterocycles. The van der Waals surface area contributed by atoms with Crippen molar-refractivity contribution in [3.05, 3.63) is 18.0 Å². The highest BCUT2D eigenvalue weighted by Gasteiger charge is 2.33. The maximum Gasteiger partial charge on any atom is 0.0840 e. The second-order valence-corrected chi connectivity index (χ2v) is 12.5. The molecule has 1 saturated heterocycles. The molecule has 5 heteroatoms. The minimum Gasteiger partial charge on any atom is -0.390 e. The molecule has 0 aliphatic carbocycles. The molecular weight excluding hydrogens is 484 g/mol. The van der Waals surface area contributed by atoms with E-state index in [9.17, 15) is 10.2 Å². The Bertz CT molecular complexity index is 679. The minimum atomic E-state index is -0.369. The largest absolute Gasteiger partial charge is 0.390 e. The van der Waals surface area contributed by atoms with E-state index in [1.165, 1.54) is 121 Å². The number of unbranched alkanes of at least 4 members (excludes halogenated alkanes) is 18. The number of nitrogens with zero attached hydrogens (tertiary/aromatic N) is 2. The Morgan fingerprint density at radius 2 is 1.10 bits per heavy atom. The predicted molar refractivity (Wildman–Crippen MR) is 164 cm³/mol. The van der Waals surface area contributed by atoms with Crippen molar-refractivity contribution in [3.63, 3.8) is 0 Å². The van der Waals surface area contributed by atoms with Crippen LogP contribution in [0.25, 0.3) is 0 Å². The molecule has 2 rings (SSSR count). The topological polar surface area (TPSA) is 67.5 Å². The molecule has 1 aliphatic rings. The summed E-state index contributed by atoms with van der Waals surface area (Å²) in [4.78, 5) is 0. The van der Waals surface area contributed by atoms with E-state index in [2.05, 4.69) is 18.2 Å². The van der Waals surface area contributed by atoms with E-state index in [0.717, 1.165) is 44.9 Å². The monoisotopic (exact) mass is 548 g/mol. The fourth-order valence-electron chi connectivity index (χ4n) is 6.17. The third kappa shape index (κ3) is 16.8. The van der Waals surface area contributed by atoms with Gasteiger partial charge < -0.3 is 14.9 Å². The van der Waals surface area contributed by atoms with Crippen LogP contribution >= 0.6 is 0 Å². The number of hydrogen-bond acceptors (Lipinski definition) is 4. The number of aliphatic hydroxyl groups is 2. The molecule has 1 aromatic rings. The van der Waals surface area contributed by atoms with Crippen molar-refractivity contribution < 1.29 is 14.9 Å². The fourth-order valence-corrected chi connectivity index (χ4v) is 6.17. The van der Waals surface area contributed by atoms with E-state index >= 15 is 0 Å². The maximum absolute atomic E-state index is 10.6. The predicted octanol–water partition coefficient (Wildman–Crippen LogP) is 8.83. The van der Waals surface area contributed by atoms with Crippen molar-refractivity contribution in [2.75, 3.05) is 0 Å². The molecule has 1 fully saturated rings. The zero-order chi connectivity index (χ0) is 28.0. The van der Waals surface area contributed by atoms with Crippen molar-refractivity contribution in [2.24, 2.45) is 7.05 Å². The summed E-state index contributed by atoms with van der Waals surface area (Å²) in [6, 6.07) is 0. The Morgan fingerprint density at radius 1 is 0.692 bits per heavy atom. The van der Waals surface area contributed by atoms with Crippen LogP contribution in [0.2, 0.25) is 0 Å². The van der Waals surface area contributed by atoms with Crippen LogP contribution in [0, 0.1) is 0 Å². The third-order valence-corrected chi connectivity index (χ3v) is 8.77. The number of aryl methyl sites for hydroxylation is 2. The molecule has 4 atom stereocenters. The molecule has 0 saturated carbocycles. The lowest BCUT2D eigenvalue weighted by Gasteiger charge is -2.22. The van der Waals surface area contributed by atoms with Crippen LogP contribution in [-0.2, 0) is 18.2 Å². The van der Waals surface area contributed by atoms with Crippen LogP contribution in [0.3, 0.4) is 0 Å². The van der Waals surface area contributed by atoms with Gasteiger partial charge in [0.05, 0.1) is 30.6 Å². The molecule has 0 amide bonds. The van der Waals surface area contributed by atoms with Crippen LogP contribution in [-0.4, -0.2) is 44.4 Å². The Kier molecular flexibility index (Phi) is 20.0. The average molecular weight is 549 g/mol. The molecule has 0 radical (unpaired) electrons. The Morgan fingerprint density at radius 3 is 1.51 bits per heavy atom. The second kappa shape index (κ2) is 22.7. The summed E-state index contributed by atoms with van der Waals surface area (Å²) in [6.07, 6.45) is 34.0. The zero-order valence-electron chi connectivity index (χ0n) is 25.8. The van der Waals surface area contributed by atoms with Crippen molar-refractivity contribution in [1.29, 1.82) is 0 Å². The van der Waals surface area contributed by atoms with Crippen LogP contribution in [0.5, 0.6) is 0 Å². The first-order valence-electron chi connectivity index (χ1n) is 17.1. The van der Waals surface area contributed by atoms with Gasteiger partial charge in [0, 0.05) is 13.2 Å². The van der Waals surface area contributed by atoms with E-state index in [-0.39, 0.29) is 24.4 Å². The summed E-state index contributed by atoms with van der Waals surface area (Å²) < 4.78 is 7.99. The minimum absolute atomic E-state index is 0.0708. The van der Waals surface area contributed by atoms with E-state index in [1.54, 1.807) is 0 Å². The standard InChI is InChI=1S/C34H64N2O3/c1-3-4-5-6-7-8-12-15-18-21-24-31(37)33-26-27-34(39-33)32(38)25-22-19-16-13-10-9-11-14-17-20-23-30-28-35-36(2)29-30/h28-29,31-34,37-38H,3-27H2,1-2H3/t31-,32-,33-,34-/m1/s1. The van der Waals surface area contributed by atoms with Gasteiger partial charge in [-0.25, -0.2) is 0 Å². The Labute approximate surface area is 241 Å². The fraction of sp³-hybridized carbons (Fsp3) is 0.912. The molecule has 5 nitrogen and oxygen atoms in total. The molecule has 0 unspecified atom stereocenters. The highest BCUT2D eigenvalue weighted by atomic mass is 16.5. The number of aliphatic hydroxyl groups excluding tert-OH is 2. The highest BCUT2D eigenvalue weighted by molar-refractivity contribution is 5.03. The second-order valence-electron chi connectivity index (χ2n) is 12.5. The first-order chi connectivity index (χ1) is 19.1. The number of ether oxygens (including phenoxy) is 1. The number of rotatable bonds is 26. The van der Waals surface area contributed by atoms with Gasteiger partial charge in [-0.3, -0.25) is 4.68 Å². The van der Waals surface area contributed by atoms with Crippen molar-refractivity contribution in [1.82, 2.24) is 9.78 Å².